The van der Waals surface area contributed by atoms with Gasteiger partial charge in [-0.1, -0.05) is 93.8 Å². The fourth-order valence-corrected chi connectivity index (χ4v) is 8.64. The zero-order valence-corrected chi connectivity index (χ0v) is 17.8. The molecule has 2 aromatic rings. The van der Waals surface area contributed by atoms with E-state index in [4.69, 9.17) is 0 Å². The van der Waals surface area contributed by atoms with Crippen LogP contribution in [-0.2, 0) is 0 Å². The first-order chi connectivity index (χ1) is 13.0. The molecule has 0 amide bonds. The van der Waals surface area contributed by atoms with Crippen molar-refractivity contribution in [3.05, 3.63) is 60.7 Å². The molecule has 3 heteroatoms. The Labute approximate surface area is 165 Å². The van der Waals surface area contributed by atoms with Crippen LogP contribution in [0.1, 0.15) is 52.4 Å². The van der Waals surface area contributed by atoms with E-state index in [9.17, 15) is 9.90 Å². The first-order valence-electron chi connectivity index (χ1n) is 10.4. The maximum atomic E-state index is 12.2. The van der Waals surface area contributed by atoms with Gasteiger partial charge in [0, 0.05) is 6.61 Å². The normalized spacial score (nSPS) is 21.2. The summed E-state index contributed by atoms with van der Waals surface area (Å²) in [6.07, 6.45) is 6.96. The summed E-state index contributed by atoms with van der Waals surface area (Å²) < 4.78 is 0. The lowest BCUT2D eigenvalue weighted by molar-refractivity contribution is 0.154. The van der Waals surface area contributed by atoms with Gasteiger partial charge in [0.1, 0.15) is 0 Å². The lowest BCUT2D eigenvalue weighted by Gasteiger charge is -2.42. The summed E-state index contributed by atoms with van der Waals surface area (Å²) in [4.78, 5) is 12.2. The van der Waals surface area contributed by atoms with Gasteiger partial charge in [-0.05, 0) is 46.5 Å². The van der Waals surface area contributed by atoms with Crippen LogP contribution >= 0.6 is 0 Å². The Balaban J connectivity index is 1.85. The zero-order chi connectivity index (χ0) is 19.3. The highest BCUT2D eigenvalue weighted by atomic mass is 28.4. The molecule has 2 aromatic carbocycles. The molecule has 2 nitrogen and oxygen atoms in total. The molecule has 0 heterocycles. The van der Waals surface area contributed by atoms with E-state index in [2.05, 4.69) is 38.1 Å². The third kappa shape index (κ3) is 4.36. The minimum absolute atomic E-state index is 0.165. The Morgan fingerprint density at radius 3 is 1.93 bits per heavy atom. The van der Waals surface area contributed by atoms with Crippen LogP contribution in [0.4, 0.5) is 0 Å². The van der Waals surface area contributed by atoms with Crippen LogP contribution in [0.15, 0.2) is 60.7 Å². The molecule has 1 saturated carbocycles. The van der Waals surface area contributed by atoms with E-state index in [0.717, 1.165) is 29.6 Å². The molecule has 0 spiro atoms. The Hall–Kier alpha value is -1.42. The predicted molar refractivity (Wildman–Crippen MR) is 116 cm³/mol. The highest BCUT2D eigenvalue weighted by Crippen LogP contribution is 2.43. The molecule has 1 aliphatic rings. The maximum absolute atomic E-state index is 12.2. The Bertz CT molecular complexity index is 659. The minimum atomic E-state index is -2.89. The van der Waals surface area contributed by atoms with Gasteiger partial charge in [-0.25, -0.2) is 0 Å². The lowest BCUT2D eigenvalue weighted by Crippen LogP contribution is -2.65. The van der Waals surface area contributed by atoms with Crippen LogP contribution in [0.3, 0.4) is 0 Å². The van der Waals surface area contributed by atoms with Crippen molar-refractivity contribution in [1.82, 2.24) is 0 Å². The van der Waals surface area contributed by atoms with Crippen molar-refractivity contribution in [2.24, 2.45) is 11.8 Å². The van der Waals surface area contributed by atoms with Gasteiger partial charge in [0.15, 0.2) is 0 Å². The first kappa shape index (κ1) is 20.3. The van der Waals surface area contributed by atoms with Crippen LogP contribution in [-0.4, -0.2) is 24.8 Å². The number of aliphatic hydroxyl groups excluding tert-OH is 1. The van der Waals surface area contributed by atoms with E-state index >= 15 is 0 Å². The average molecular weight is 383 g/mol. The van der Waals surface area contributed by atoms with Crippen LogP contribution in [0.2, 0.25) is 5.04 Å². The van der Waals surface area contributed by atoms with E-state index < -0.39 is 8.32 Å². The van der Waals surface area contributed by atoms with Crippen LogP contribution in [0.25, 0.3) is 0 Å². The summed E-state index contributed by atoms with van der Waals surface area (Å²) >= 11 is 0. The molecule has 0 bridgehead atoms. The summed E-state index contributed by atoms with van der Waals surface area (Å²) in [5.74, 6) is 1.16. The largest absolute Gasteiger partial charge is 0.424 e. The van der Waals surface area contributed by atoms with Gasteiger partial charge in [-0.15, -0.1) is 0 Å². The van der Waals surface area contributed by atoms with E-state index in [1.165, 1.54) is 19.3 Å². The highest BCUT2D eigenvalue weighted by molar-refractivity contribution is 6.98. The summed E-state index contributed by atoms with van der Waals surface area (Å²) in [5, 5.41) is 11.6. The molecule has 27 heavy (non-hydrogen) atoms. The zero-order valence-electron chi connectivity index (χ0n) is 16.8. The van der Waals surface area contributed by atoms with Crippen LogP contribution in [0.5, 0.6) is 0 Å². The number of benzene rings is 2. The van der Waals surface area contributed by atoms with Crippen molar-refractivity contribution < 1.29 is 9.90 Å². The molecule has 1 aliphatic carbocycles. The molecule has 2 N–H and O–H groups in total. The molecule has 146 valence electrons. The number of aliphatic hydroxyl groups is 1. The Morgan fingerprint density at radius 1 is 0.889 bits per heavy atom. The number of hydrogen-bond donors (Lipinski definition) is 2. The van der Waals surface area contributed by atoms with Gasteiger partial charge in [-0.2, -0.15) is 0 Å². The second-order valence-corrected chi connectivity index (χ2v) is 12.9. The third-order valence-corrected chi connectivity index (χ3v) is 11.2. The molecule has 0 radical (unpaired) electrons. The van der Waals surface area contributed by atoms with Crippen molar-refractivity contribution in [3.8, 4) is 0 Å². The van der Waals surface area contributed by atoms with Gasteiger partial charge in [0.2, 0.25) is 0 Å². The van der Waals surface area contributed by atoms with Gasteiger partial charge < -0.3 is 9.90 Å². The second-order valence-electron chi connectivity index (χ2n) is 8.95. The fraction of sp³-hybridized carbons (Fsp3) is 0.500. The molecule has 0 saturated heterocycles. The molecule has 0 aromatic heterocycles. The molecule has 0 unspecified atom stereocenters. The molecule has 0 aliphatic heterocycles. The predicted octanol–water partition coefficient (Wildman–Crippen LogP) is 4.10. The van der Waals surface area contributed by atoms with E-state index in [1.54, 1.807) is 0 Å². The summed E-state index contributed by atoms with van der Waals surface area (Å²) in [6.45, 7) is 4.84. The van der Waals surface area contributed by atoms with Gasteiger partial charge in [0.05, 0.1) is 0 Å². The SMILES string of the molecule is CC(C)(CC[C@@H]1CCC[C@H](CO)C1)[Si](O)(c1ccccc1)c1ccccc1. The van der Waals surface area contributed by atoms with Crippen molar-refractivity contribution in [3.63, 3.8) is 0 Å². The Kier molecular flexibility index (Phi) is 6.56. The maximum Gasteiger partial charge on any atom is 0.258 e. The fourth-order valence-electron chi connectivity index (χ4n) is 4.88. The monoisotopic (exact) mass is 382 g/mol. The molecule has 1 fully saturated rings. The van der Waals surface area contributed by atoms with Gasteiger partial charge in [-0.3, -0.25) is 0 Å². The summed E-state index contributed by atoms with van der Waals surface area (Å²) in [7, 11) is -2.89. The van der Waals surface area contributed by atoms with Crippen molar-refractivity contribution in [2.45, 2.75) is 57.4 Å². The molecular weight excluding hydrogens is 348 g/mol. The van der Waals surface area contributed by atoms with E-state index in [-0.39, 0.29) is 5.04 Å². The lowest BCUT2D eigenvalue weighted by atomic mass is 9.79. The highest BCUT2D eigenvalue weighted by Gasteiger charge is 2.49. The minimum Gasteiger partial charge on any atom is -0.424 e. The standard InChI is InChI=1S/C24H34O2Si/c1-24(2,17-16-20-10-9-11-21(18-20)19-25)27(26,22-12-5-3-6-13-22)23-14-7-4-8-15-23/h3-8,12-15,20-21,25-26H,9-11,16-19H2,1-2H3/t20-,21-/m0/s1. The van der Waals surface area contributed by atoms with Crippen molar-refractivity contribution in [2.75, 3.05) is 6.61 Å². The summed E-state index contributed by atoms with van der Waals surface area (Å²) in [6, 6.07) is 20.6. The first-order valence-corrected chi connectivity index (χ1v) is 12.4. The summed E-state index contributed by atoms with van der Waals surface area (Å²) in [5.41, 5.74) is 0. The average Bonchev–Trinajstić information content (AvgIpc) is 2.73. The van der Waals surface area contributed by atoms with Crippen LogP contribution < -0.4 is 10.4 Å². The van der Waals surface area contributed by atoms with Gasteiger partial charge >= 0.3 is 0 Å². The molecule has 2 atom stereocenters. The topological polar surface area (TPSA) is 40.5 Å². The van der Waals surface area contributed by atoms with E-state index in [1.807, 2.05) is 36.4 Å². The number of rotatable bonds is 7. The quantitative estimate of drug-likeness (QED) is 0.708. The Morgan fingerprint density at radius 2 is 1.41 bits per heavy atom. The third-order valence-electron chi connectivity index (χ3n) is 6.69. The van der Waals surface area contributed by atoms with E-state index in [0.29, 0.717) is 18.4 Å². The van der Waals surface area contributed by atoms with Crippen molar-refractivity contribution in [1.29, 1.82) is 0 Å². The smallest absolute Gasteiger partial charge is 0.258 e. The number of hydrogen-bond acceptors (Lipinski definition) is 2. The van der Waals surface area contributed by atoms with Crippen LogP contribution in [0, 0.1) is 11.8 Å². The molecular formula is C24H34O2Si. The second kappa shape index (κ2) is 8.72. The molecule has 3 rings (SSSR count). The van der Waals surface area contributed by atoms with Gasteiger partial charge in [0.25, 0.3) is 8.32 Å². The van der Waals surface area contributed by atoms with Crippen molar-refractivity contribution >= 4 is 18.7 Å².